The summed E-state index contributed by atoms with van der Waals surface area (Å²) in [5.74, 6) is -1.19. The Bertz CT molecular complexity index is 473. The van der Waals surface area contributed by atoms with Crippen molar-refractivity contribution in [2.75, 3.05) is 12.8 Å². The summed E-state index contributed by atoms with van der Waals surface area (Å²) in [4.78, 5) is 14.0. The third-order valence-corrected chi connectivity index (χ3v) is 1.97. The molecule has 0 saturated heterocycles. The zero-order chi connectivity index (χ0) is 14.1. The number of rotatable bonds is 2. The van der Waals surface area contributed by atoms with Gasteiger partial charge in [-0.3, -0.25) is 0 Å². The molecule has 0 aliphatic carbocycles. The molecule has 1 aromatic heterocycles. The van der Waals surface area contributed by atoms with Crippen LogP contribution in [0.3, 0.4) is 0 Å². The fourth-order valence-electron chi connectivity index (χ4n) is 1.20. The molecule has 1 heterocycles. The average molecular weight is 270 g/mol. The zero-order valence-electron chi connectivity index (χ0n) is 8.89. The molecule has 0 atom stereocenters. The summed E-state index contributed by atoms with van der Waals surface area (Å²) in [5.41, 5.74) is 0.460. The highest BCUT2D eigenvalue weighted by Crippen LogP contribution is 2.37. The maximum absolute atomic E-state index is 12.5. The Morgan fingerprint density at radius 1 is 1.44 bits per heavy atom. The molecule has 0 spiro atoms. The molecule has 0 bridgehead atoms. The second-order valence-electron chi connectivity index (χ2n) is 3.15. The topological polar surface area (TPSA) is 65.2 Å². The van der Waals surface area contributed by atoms with Gasteiger partial charge in [0.05, 0.1) is 18.4 Å². The number of anilines is 1. The number of methoxy groups -OCH3 is 1. The molecule has 0 aromatic carbocycles. The van der Waals surface area contributed by atoms with Crippen molar-refractivity contribution in [1.29, 1.82) is 0 Å². The van der Waals surface area contributed by atoms with E-state index in [0.717, 1.165) is 7.11 Å². The molecule has 2 N–H and O–H groups in total. The molecule has 0 amide bonds. The fraction of sp³-hybridized carbons (Fsp3) is 0.333. The maximum Gasteiger partial charge on any atom is 0.418 e. The molecule has 0 aliphatic rings. The highest BCUT2D eigenvalue weighted by Gasteiger charge is 2.38. The van der Waals surface area contributed by atoms with Crippen LogP contribution in [-0.2, 0) is 10.9 Å². The number of hydrogen-bond donors (Lipinski definition) is 1. The Labute approximate surface area is 97.6 Å². The number of nitrogens with zero attached hydrogens (tertiary/aromatic N) is 1. The van der Waals surface area contributed by atoms with E-state index in [4.69, 9.17) is 5.73 Å². The van der Waals surface area contributed by atoms with Gasteiger partial charge < -0.3 is 10.5 Å². The van der Waals surface area contributed by atoms with Gasteiger partial charge in [-0.15, -0.1) is 0 Å². The predicted octanol–water partition coefficient (Wildman–Crippen LogP) is 2.41. The van der Waals surface area contributed by atoms with Crippen molar-refractivity contribution in [2.45, 2.75) is 12.6 Å². The lowest BCUT2D eigenvalue weighted by Gasteiger charge is -2.14. The Hall–Kier alpha value is -1.93. The Morgan fingerprint density at radius 3 is 2.39 bits per heavy atom. The number of carbonyl (C=O) groups is 1. The Kier molecular flexibility index (Phi) is 3.73. The summed E-state index contributed by atoms with van der Waals surface area (Å²) in [6.45, 7) is 0. The van der Waals surface area contributed by atoms with E-state index in [2.05, 4.69) is 9.72 Å². The summed E-state index contributed by atoms with van der Waals surface area (Å²) < 4.78 is 66.5. The van der Waals surface area contributed by atoms with Gasteiger partial charge in [0.15, 0.2) is 5.69 Å². The first-order valence-corrected chi connectivity index (χ1v) is 4.42. The quantitative estimate of drug-likeness (QED) is 0.662. The first kappa shape index (κ1) is 14.1. The van der Waals surface area contributed by atoms with Crippen LogP contribution in [-0.4, -0.2) is 18.1 Å². The summed E-state index contributed by atoms with van der Waals surface area (Å²) in [5, 5.41) is 0. The summed E-state index contributed by atoms with van der Waals surface area (Å²) in [7, 11) is 0.920. The highest BCUT2D eigenvalue weighted by atomic mass is 19.4. The predicted molar refractivity (Wildman–Crippen MR) is 49.9 cm³/mol. The molecule has 4 nitrogen and oxygen atoms in total. The molecule has 0 saturated carbocycles. The number of nitrogen functional groups attached to an aromatic ring is 1. The normalized spacial score (nSPS) is 11.7. The van der Waals surface area contributed by atoms with Gasteiger partial charge in [0.2, 0.25) is 0 Å². The average Bonchev–Trinajstić information content (AvgIpc) is 2.26. The summed E-state index contributed by atoms with van der Waals surface area (Å²) in [6, 6.07) is 0.237. The minimum Gasteiger partial charge on any atom is -0.464 e. The third-order valence-electron chi connectivity index (χ3n) is 1.97. The van der Waals surface area contributed by atoms with Crippen LogP contribution in [0.4, 0.5) is 27.6 Å². The van der Waals surface area contributed by atoms with Crippen LogP contribution in [0, 0.1) is 0 Å². The van der Waals surface area contributed by atoms with Crippen molar-refractivity contribution in [3.63, 3.8) is 0 Å². The van der Waals surface area contributed by atoms with E-state index < -0.39 is 41.2 Å². The van der Waals surface area contributed by atoms with Crippen LogP contribution >= 0.6 is 0 Å². The number of aromatic nitrogens is 1. The maximum atomic E-state index is 12.5. The number of halogens is 5. The van der Waals surface area contributed by atoms with E-state index >= 15 is 0 Å². The fourth-order valence-corrected chi connectivity index (χ4v) is 1.20. The van der Waals surface area contributed by atoms with Crippen molar-refractivity contribution in [3.05, 3.63) is 23.0 Å². The van der Waals surface area contributed by atoms with Gasteiger partial charge in [0.25, 0.3) is 6.43 Å². The first-order valence-electron chi connectivity index (χ1n) is 4.42. The lowest BCUT2D eigenvalue weighted by atomic mass is 10.1. The van der Waals surface area contributed by atoms with Crippen LogP contribution < -0.4 is 5.73 Å². The molecule has 1 rings (SSSR count). The largest absolute Gasteiger partial charge is 0.464 e. The molecular formula is C9H7F5N2O2. The van der Waals surface area contributed by atoms with Crippen LogP contribution in [0.15, 0.2) is 6.07 Å². The van der Waals surface area contributed by atoms with Gasteiger partial charge in [-0.05, 0) is 6.07 Å². The van der Waals surface area contributed by atoms with Crippen LogP contribution in [0.5, 0.6) is 0 Å². The Morgan fingerprint density at radius 2 is 2.00 bits per heavy atom. The third kappa shape index (κ3) is 2.66. The van der Waals surface area contributed by atoms with Gasteiger partial charge in [-0.2, -0.15) is 13.2 Å². The molecule has 9 heteroatoms. The number of carbonyl (C=O) groups excluding carboxylic acids is 1. The second kappa shape index (κ2) is 4.75. The standard InChI is InChI=1S/C9H7F5N2O2/c1-18-8(17)6-4(15)2-3(9(12,13)14)5(16-6)7(10)11/h2,7H,15H2,1H3. The van der Waals surface area contributed by atoms with Crippen LogP contribution in [0.1, 0.15) is 28.2 Å². The molecular weight excluding hydrogens is 263 g/mol. The van der Waals surface area contributed by atoms with Crippen LogP contribution in [0.25, 0.3) is 0 Å². The number of pyridine rings is 1. The SMILES string of the molecule is COC(=O)c1nc(C(F)F)c(C(F)(F)F)cc1N. The van der Waals surface area contributed by atoms with E-state index in [-0.39, 0.29) is 6.07 Å². The van der Waals surface area contributed by atoms with E-state index in [0.29, 0.717) is 0 Å². The monoisotopic (exact) mass is 270 g/mol. The van der Waals surface area contributed by atoms with Crippen molar-refractivity contribution in [3.8, 4) is 0 Å². The van der Waals surface area contributed by atoms with E-state index in [1.165, 1.54) is 0 Å². The molecule has 0 aliphatic heterocycles. The lowest BCUT2D eigenvalue weighted by Crippen LogP contribution is -2.17. The molecule has 0 fully saturated rings. The van der Waals surface area contributed by atoms with Crippen LogP contribution in [0.2, 0.25) is 0 Å². The first-order chi connectivity index (χ1) is 8.18. The molecule has 0 radical (unpaired) electrons. The van der Waals surface area contributed by atoms with Crippen molar-refractivity contribution in [1.82, 2.24) is 4.98 Å². The van der Waals surface area contributed by atoms with E-state index in [1.807, 2.05) is 0 Å². The molecule has 0 unspecified atom stereocenters. The minimum atomic E-state index is -5.04. The number of hydrogen-bond acceptors (Lipinski definition) is 4. The van der Waals surface area contributed by atoms with E-state index in [1.54, 1.807) is 0 Å². The van der Waals surface area contributed by atoms with Gasteiger partial charge in [-0.1, -0.05) is 0 Å². The van der Waals surface area contributed by atoms with Gasteiger partial charge >= 0.3 is 12.1 Å². The van der Waals surface area contributed by atoms with Gasteiger partial charge in [0.1, 0.15) is 5.69 Å². The number of ether oxygens (including phenoxy) is 1. The summed E-state index contributed by atoms with van der Waals surface area (Å²) >= 11 is 0. The number of alkyl halides is 5. The van der Waals surface area contributed by atoms with E-state index in [9.17, 15) is 26.7 Å². The molecule has 100 valence electrons. The summed E-state index contributed by atoms with van der Waals surface area (Å²) in [6.07, 6.45) is -8.53. The molecule has 1 aromatic rings. The second-order valence-corrected chi connectivity index (χ2v) is 3.15. The highest BCUT2D eigenvalue weighted by molar-refractivity contribution is 5.93. The minimum absolute atomic E-state index is 0.237. The lowest BCUT2D eigenvalue weighted by molar-refractivity contribution is -0.139. The number of nitrogens with two attached hydrogens (primary N) is 1. The molecule has 18 heavy (non-hydrogen) atoms. The van der Waals surface area contributed by atoms with Crippen molar-refractivity contribution >= 4 is 11.7 Å². The van der Waals surface area contributed by atoms with Gasteiger partial charge in [0, 0.05) is 0 Å². The number of esters is 1. The Balaban J connectivity index is 3.49. The zero-order valence-corrected chi connectivity index (χ0v) is 8.89. The van der Waals surface area contributed by atoms with Gasteiger partial charge in [-0.25, -0.2) is 18.6 Å². The van der Waals surface area contributed by atoms with Crippen molar-refractivity contribution in [2.24, 2.45) is 0 Å². The van der Waals surface area contributed by atoms with Crippen molar-refractivity contribution < 1.29 is 31.5 Å². The smallest absolute Gasteiger partial charge is 0.418 e.